The number of carbonyl (C=O) groups excluding carboxylic acids is 2. The number of aromatic carboxylic acids is 1. The topological polar surface area (TPSA) is 114 Å². The van der Waals surface area contributed by atoms with Crippen molar-refractivity contribution in [3.05, 3.63) is 95.2 Å². The molecule has 8 nitrogen and oxygen atoms in total. The zero-order valence-electron chi connectivity index (χ0n) is 20.3. The Morgan fingerprint density at radius 1 is 0.917 bits per heavy atom. The molecule has 0 heterocycles. The van der Waals surface area contributed by atoms with Gasteiger partial charge in [-0.05, 0) is 72.2 Å². The van der Waals surface area contributed by atoms with Crippen LogP contribution in [0, 0.1) is 5.92 Å². The second-order valence-electron chi connectivity index (χ2n) is 8.35. The van der Waals surface area contributed by atoms with Crippen LogP contribution < -0.4 is 20.1 Å². The van der Waals surface area contributed by atoms with Crippen molar-refractivity contribution in [2.24, 2.45) is 5.92 Å². The minimum absolute atomic E-state index is 0.0222. The molecule has 0 fully saturated rings. The average Bonchev–Trinajstić information content (AvgIpc) is 2.87. The zero-order valence-corrected chi connectivity index (χ0v) is 20.3. The lowest BCUT2D eigenvalue weighted by molar-refractivity contribution is -0.113. The van der Waals surface area contributed by atoms with E-state index in [2.05, 4.69) is 10.6 Å². The molecule has 0 aromatic heterocycles. The van der Waals surface area contributed by atoms with Gasteiger partial charge in [-0.2, -0.15) is 0 Å². The fraction of sp³-hybridized carbons (Fsp3) is 0.179. The molecule has 3 N–H and O–H groups in total. The predicted molar refractivity (Wildman–Crippen MR) is 137 cm³/mol. The Kier molecular flexibility index (Phi) is 8.83. The summed E-state index contributed by atoms with van der Waals surface area (Å²) in [7, 11) is 1.55. The Hall–Kier alpha value is -4.59. The molecule has 0 aliphatic heterocycles. The number of hydrogen-bond donors (Lipinski definition) is 3. The van der Waals surface area contributed by atoms with Crippen molar-refractivity contribution >= 4 is 29.5 Å². The lowest BCUT2D eigenvalue weighted by Gasteiger charge is -2.13. The first-order chi connectivity index (χ1) is 17.2. The molecular formula is C28H28N2O6. The minimum Gasteiger partial charge on any atom is -0.497 e. The molecule has 0 atom stereocenters. The lowest BCUT2D eigenvalue weighted by atomic mass is 10.1. The molecular weight excluding hydrogens is 460 g/mol. The SMILES string of the molecule is COc1ccc(/C=C(/NC(=O)c2ccc(OCC(C)C)cc2)C(=O)Nc2cccc(C(=O)O)c2)cc1. The molecule has 0 bridgehead atoms. The quantitative estimate of drug-likeness (QED) is 0.352. The van der Waals surface area contributed by atoms with Crippen LogP contribution in [0.2, 0.25) is 0 Å². The largest absolute Gasteiger partial charge is 0.497 e. The predicted octanol–water partition coefficient (Wildman–Crippen LogP) is 4.84. The van der Waals surface area contributed by atoms with Crippen LogP contribution in [0.5, 0.6) is 11.5 Å². The van der Waals surface area contributed by atoms with Crippen LogP contribution in [0.1, 0.15) is 40.1 Å². The molecule has 2 amide bonds. The molecule has 36 heavy (non-hydrogen) atoms. The number of methoxy groups -OCH3 is 1. The van der Waals surface area contributed by atoms with Crippen LogP contribution in [0.25, 0.3) is 6.08 Å². The maximum absolute atomic E-state index is 13.1. The Morgan fingerprint density at radius 3 is 2.19 bits per heavy atom. The van der Waals surface area contributed by atoms with Crippen LogP contribution in [-0.2, 0) is 4.79 Å². The molecule has 0 aliphatic carbocycles. The van der Waals surface area contributed by atoms with Gasteiger partial charge in [0.15, 0.2) is 0 Å². The van der Waals surface area contributed by atoms with E-state index in [1.54, 1.807) is 61.7 Å². The molecule has 0 saturated heterocycles. The number of amides is 2. The van der Waals surface area contributed by atoms with Crippen molar-refractivity contribution in [1.29, 1.82) is 0 Å². The Balaban J connectivity index is 1.83. The van der Waals surface area contributed by atoms with E-state index in [4.69, 9.17) is 9.47 Å². The highest BCUT2D eigenvalue weighted by atomic mass is 16.5. The first-order valence-corrected chi connectivity index (χ1v) is 11.3. The van der Waals surface area contributed by atoms with Crippen molar-refractivity contribution in [1.82, 2.24) is 5.32 Å². The molecule has 186 valence electrons. The third kappa shape index (κ3) is 7.46. The van der Waals surface area contributed by atoms with Crippen molar-refractivity contribution in [2.75, 3.05) is 19.0 Å². The van der Waals surface area contributed by atoms with E-state index in [1.807, 2.05) is 13.8 Å². The third-order valence-electron chi connectivity index (χ3n) is 4.99. The highest BCUT2D eigenvalue weighted by Crippen LogP contribution is 2.17. The van der Waals surface area contributed by atoms with E-state index in [1.165, 1.54) is 24.3 Å². The summed E-state index contributed by atoms with van der Waals surface area (Å²) in [4.78, 5) is 37.3. The molecule has 0 unspecified atom stereocenters. The van der Waals surface area contributed by atoms with E-state index in [9.17, 15) is 19.5 Å². The molecule has 3 rings (SSSR count). The number of nitrogens with one attached hydrogen (secondary N) is 2. The smallest absolute Gasteiger partial charge is 0.335 e. The highest BCUT2D eigenvalue weighted by Gasteiger charge is 2.16. The van der Waals surface area contributed by atoms with Gasteiger partial charge < -0.3 is 25.2 Å². The number of rotatable bonds is 10. The molecule has 3 aromatic rings. The molecule has 0 spiro atoms. The third-order valence-corrected chi connectivity index (χ3v) is 4.99. The second kappa shape index (κ2) is 12.2. The van der Waals surface area contributed by atoms with Crippen LogP contribution >= 0.6 is 0 Å². The van der Waals surface area contributed by atoms with Gasteiger partial charge in [-0.15, -0.1) is 0 Å². The van der Waals surface area contributed by atoms with Crippen LogP contribution in [-0.4, -0.2) is 36.6 Å². The molecule has 8 heteroatoms. The van der Waals surface area contributed by atoms with Gasteiger partial charge in [-0.1, -0.05) is 32.0 Å². The molecule has 0 aliphatic rings. The summed E-state index contributed by atoms with van der Waals surface area (Å²) in [5.74, 6) is -0.557. The second-order valence-corrected chi connectivity index (χ2v) is 8.35. The number of hydrogen-bond acceptors (Lipinski definition) is 5. The van der Waals surface area contributed by atoms with Gasteiger partial charge >= 0.3 is 5.97 Å². The standard InChI is InChI=1S/C28H28N2O6/c1-18(2)17-36-24-13-9-20(10-14-24)26(31)30-25(15-19-7-11-23(35-3)12-8-19)27(32)29-22-6-4-5-21(16-22)28(33)34/h4-16,18H,17H2,1-3H3,(H,29,32)(H,30,31)(H,33,34)/b25-15+. The molecule has 3 aromatic carbocycles. The first-order valence-electron chi connectivity index (χ1n) is 11.3. The van der Waals surface area contributed by atoms with Crippen molar-refractivity contribution < 1.29 is 29.0 Å². The van der Waals surface area contributed by atoms with Crippen molar-refractivity contribution in [2.45, 2.75) is 13.8 Å². The van der Waals surface area contributed by atoms with E-state index >= 15 is 0 Å². The summed E-state index contributed by atoms with van der Waals surface area (Å²) >= 11 is 0. The minimum atomic E-state index is -1.12. The Labute approximate surface area is 209 Å². The fourth-order valence-corrected chi connectivity index (χ4v) is 3.11. The van der Waals surface area contributed by atoms with E-state index in [-0.39, 0.29) is 16.9 Å². The van der Waals surface area contributed by atoms with Crippen LogP contribution in [0.15, 0.2) is 78.5 Å². The van der Waals surface area contributed by atoms with Gasteiger partial charge in [0.1, 0.15) is 17.2 Å². The number of carbonyl (C=O) groups is 3. The van der Waals surface area contributed by atoms with Crippen LogP contribution in [0.3, 0.4) is 0 Å². The summed E-state index contributed by atoms with van der Waals surface area (Å²) in [6.07, 6.45) is 1.52. The van der Waals surface area contributed by atoms with Crippen LogP contribution in [0.4, 0.5) is 5.69 Å². The fourth-order valence-electron chi connectivity index (χ4n) is 3.11. The maximum Gasteiger partial charge on any atom is 0.335 e. The molecule has 0 radical (unpaired) electrons. The lowest BCUT2D eigenvalue weighted by Crippen LogP contribution is -2.30. The van der Waals surface area contributed by atoms with Gasteiger partial charge in [0, 0.05) is 11.3 Å². The number of anilines is 1. The summed E-state index contributed by atoms with van der Waals surface area (Å²) < 4.78 is 10.8. The van der Waals surface area contributed by atoms with E-state index in [0.29, 0.717) is 35.2 Å². The Bertz CT molecular complexity index is 1250. The normalized spacial score (nSPS) is 11.1. The van der Waals surface area contributed by atoms with Crippen molar-refractivity contribution in [3.8, 4) is 11.5 Å². The van der Waals surface area contributed by atoms with Gasteiger partial charge in [-0.25, -0.2) is 4.79 Å². The average molecular weight is 489 g/mol. The highest BCUT2D eigenvalue weighted by molar-refractivity contribution is 6.11. The summed E-state index contributed by atoms with van der Waals surface area (Å²) in [5.41, 5.74) is 1.27. The number of benzene rings is 3. The Morgan fingerprint density at radius 2 is 1.58 bits per heavy atom. The summed E-state index contributed by atoms with van der Waals surface area (Å²) in [5, 5.41) is 14.5. The van der Waals surface area contributed by atoms with Gasteiger partial charge in [-0.3, -0.25) is 9.59 Å². The first kappa shape index (κ1) is 26.0. The van der Waals surface area contributed by atoms with E-state index in [0.717, 1.165) is 0 Å². The number of ether oxygens (including phenoxy) is 2. The van der Waals surface area contributed by atoms with Gasteiger partial charge in [0.2, 0.25) is 0 Å². The van der Waals surface area contributed by atoms with Gasteiger partial charge in [0.05, 0.1) is 19.3 Å². The monoisotopic (exact) mass is 488 g/mol. The number of carboxylic acid groups (broad SMARTS) is 1. The summed E-state index contributed by atoms with van der Waals surface area (Å²) in [6, 6.07) is 19.4. The number of carboxylic acids is 1. The molecule has 0 saturated carbocycles. The van der Waals surface area contributed by atoms with E-state index < -0.39 is 17.8 Å². The zero-order chi connectivity index (χ0) is 26.1. The van der Waals surface area contributed by atoms with Gasteiger partial charge in [0.25, 0.3) is 11.8 Å². The maximum atomic E-state index is 13.1. The van der Waals surface area contributed by atoms with Crippen molar-refractivity contribution in [3.63, 3.8) is 0 Å². The summed E-state index contributed by atoms with van der Waals surface area (Å²) in [6.45, 7) is 4.65.